The summed E-state index contributed by atoms with van der Waals surface area (Å²) in [7, 11) is 1.75. The standard InChI is InChI=1S/C26H47N5O9/c1-13-12-37-26(21(34)19(13)28-2)40-24-17(31-25(36)20(33)14-9-30-10-14)8-16(27)23(22(24)35)39-18-5-3-4-15(38-18)11-29-6-7-32/h4,13-14,16-24,26,28-30,32-35H,3,5-12,27H2,1-2H3,(H,31,36)/t13-,16+,17-,18-,19+,20?,21-,22+,23-,24+,26-/m1/s1. The molecule has 3 aliphatic heterocycles. The molecular weight excluding hydrogens is 526 g/mol. The lowest BCUT2D eigenvalue weighted by molar-refractivity contribution is -0.286. The van der Waals surface area contributed by atoms with E-state index in [2.05, 4.69) is 21.3 Å². The van der Waals surface area contributed by atoms with Crippen molar-refractivity contribution in [3.63, 3.8) is 0 Å². The first kappa shape index (κ1) is 31.5. The predicted molar refractivity (Wildman–Crippen MR) is 143 cm³/mol. The summed E-state index contributed by atoms with van der Waals surface area (Å²) in [5.41, 5.74) is 6.48. The van der Waals surface area contributed by atoms with Crippen LogP contribution in [-0.4, -0.2) is 134 Å². The zero-order valence-electron chi connectivity index (χ0n) is 23.3. The number of allylic oxidation sites excluding steroid dienone is 1. The molecule has 1 unspecified atom stereocenters. The highest BCUT2D eigenvalue weighted by Gasteiger charge is 2.49. The van der Waals surface area contributed by atoms with Gasteiger partial charge in [-0.1, -0.05) is 6.92 Å². The summed E-state index contributed by atoms with van der Waals surface area (Å²) in [6, 6.07) is -1.75. The van der Waals surface area contributed by atoms with Crippen molar-refractivity contribution in [2.75, 3.05) is 46.4 Å². The number of ether oxygens (including phenoxy) is 4. The second-order valence-corrected chi connectivity index (χ2v) is 11.2. The van der Waals surface area contributed by atoms with E-state index in [1.807, 2.05) is 13.0 Å². The van der Waals surface area contributed by atoms with Crippen LogP contribution in [0.1, 0.15) is 26.2 Å². The van der Waals surface area contributed by atoms with Gasteiger partial charge in [0.2, 0.25) is 5.91 Å². The number of hydrogen-bond donors (Lipinski definition) is 9. The van der Waals surface area contributed by atoms with Crippen molar-refractivity contribution in [3.8, 4) is 0 Å². The van der Waals surface area contributed by atoms with Gasteiger partial charge in [-0.3, -0.25) is 4.79 Å². The van der Waals surface area contributed by atoms with E-state index in [9.17, 15) is 20.1 Å². The Morgan fingerprint density at radius 3 is 2.70 bits per heavy atom. The van der Waals surface area contributed by atoms with Gasteiger partial charge in [0.15, 0.2) is 12.6 Å². The van der Waals surface area contributed by atoms with Gasteiger partial charge in [-0.15, -0.1) is 0 Å². The van der Waals surface area contributed by atoms with Crippen molar-refractivity contribution in [2.45, 2.75) is 87.4 Å². The van der Waals surface area contributed by atoms with Gasteiger partial charge in [0.1, 0.15) is 36.3 Å². The minimum absolute atomic E-state index is 0.0113. The average molecular weight is 574 g/mol. The van der Waals surface area contributed by atoms with Gasteiger partial charge in [0, 0.05) is 44.1 Å². The molecule has 3 heterocycles. The largest absolute Gasteiger partial charge is 0.468 e. The number of carbonyl (C=O) groups excluding carboxylic acids is 1. The molecule has 2 saturated heterocycles. The molecule has 0 radical (unpaired) electrons. The predicted octanol–water partition coefficient (Wildman–Crippen LogP) is -3.54. The Bertz CT molecular complexity index is 849. The molecule has 10 N–H and O–H groups in total. The van der Waals surface area contributed by atoms with Crippen LogP contribution in [-0.2, 0) is 23.7 Å². The minimum Gasteiger partial charge on any atom is -0.468 e. The van der Waals surface area contributed by atoms with Crippen LogP contribution in [0.2, 0.25) is 0 Å². The lowest BCUT2D eigenvalue weighted by Crippen LogP contribution is -2.68. The fraction of sp³-hybridized carbons (Fsp3) is 0.885. The Labute approximate surface area is 234 Å². The first-order valence-corrected chi connectivity index (χ1v) is 14.3. The fourth-order valence-electron chi connectivity index (χ4n) is 5.77. The van der Waals surface area contributed by atoms with Crippen LogP contribution < -0.4 is 27.0 Å². The molecule has 11 atom stereocenters. The maximum Gasteiger partial charge on any atom is 0.249 e. The van der Waals surface area contributed by atoms with Gasteiger partial charge in [-0.2, -0.15) is 0 Å². The second-order valence-electron chi connectivity index (χ2n) is 11.2. The number of nitrogens with two attached hydrogens (primary N) is 1. The van der Waals surface area contributed by atoms with Crippen molar-refractivity contribution in [2.24, 2.45) is 17.6 Å². The number of carbonyl (C=O) groups is 1. The monoisotopic (exact) mass is 573 g/mol. The maximum absolute atomic E-state index is 12.9. The Morgan fingerprint density at radius 2 is 2.02 bits per heavy atom. The lowest BCUT2D eigenvalue weighted by atomic mass is 9.83. The SMILES string of the molecule is CN[C@@H]1[C@@H](O)[C@@H](O[C@@H]2[C@@H](O)[C@H](O[C@@H]3CCC=C(CNCCO)O3)[C@@H](N)C[C@H]2NC(=O)C(O)C2CNC2)OC[C@H]1C. The van der Waals surface area contributed by atoms with Crippen LogP contribution in [0.25, 0.3) is 0 Å². The minimum atomic E-state index is -1.30. The van der Waals surface area contributed by atoms with Crippen molar-refractivity contribution >= 4 is 5.91 Å². The van der Waals surface area contributed by atoms with Crippen LogP contribution >= 0.6 is 0 Å². The molecule has 0 spiro atoms. The first-order valence-electron chi connectivity index (χ1n) is 14.3. The second kappa shape index (κ2) is 14.6. The first-order chi connectivity index (χ1) is 19.2. The summed E-state index contributed by atoms with van der Waals surface area (Å²) in [5, 5.41) is 54.0. The molecule has 0 aromatic heterocycles. The van der Waals surface area contributed by atoms with Crippen molar-refractivity contribution < 1.29 is 44.2 Å². The highest BCUT2D eigenvalue weighted by atomic mass is 16.7. The summed E-state index contributed by atoms with van der Waals surface area (Å²) >= 11 is 0. The number of rotatable bonds is 12. The Balaban J connectivity index is 1.46. The summed E-state index contributed by atoms with van der Waals surface area (Å²) in [4.78, 5) is 12.9. The van der Waals surface area contributed by atoms with Crippen molar-refractivity contribution in [3.05, 3.63) is 11.8 Å². The number of amides is 1. The molecule has 0 aromatic carbocycles. The van der Waals surface area contributed by atoms with E-state index in [-0.39, 0.29) is 30.9 Å². The molecule has 14 heteroatoms. The van der Waals surface area contributed by atoms with Crippen LogP contribution in [0.5, 0.6) is 0 Å². The molecule has 14 nitrogen and oxygen atoms in total. The molecule has 0 aromatic rings. The van der Waals surface area contributed by atoms with E-state index in [1.54, 1.807) is 7.05 Å². The van der Waals surface area contributed by atoms with Gasteiger partial charge >= 0.3 is 0 Å². The van der Waals surface area contributed by atoms with Gasteiger partial charge in [-0.25, -0.2) is 0 Å². The van der Waals surface area contributed by atoms with E-state index in [0.717, 1.165) is 0 Å². The maximum atomic E-state index is 12.9. The molecule has 1 saturated carbocycles. The number of likely N-dealkylation sites (N-methyl/N-ethyl adjacent to an activating group) is 1. The van der Waals surface area contributed by atoms with E-state index >= 15 is 0 Å². The van der Waals surface area contributed by atoms with Crippen molar-refractivity contribution in [1.82, 2.24) is 21.3 Å². The van der Waals surface area contributed by atoms with E-state index in [0.29, 0.717) is 51.4 Å². The van der Waals surface area contributed by atoms with Crippen molar-refractivity contribution in [1.29, 1.82) is 0 Å². The zero-order valence-corrected chi connectivity index (χ0v) is 23.3. The Kier molecular flexibility index (Phi) is 11.5. The third-order valence-electron chi connectivity index (χ3n) is 8.24. The molecule has 4 aliphatic rings. The van der Waals surface area contributed by atoms with Crippen LogP contribution in [0.15, 0.2) is 11.8 Å². The molecule has 0 bridgehead atoms. The molecule has 40 heavy (non-hydrogen) atoms. The number of hydrogen-bond acceptors (Lipinski definition) is 13. The van der Waals surface area contributed by atoms with E-state index < -0.39 is 61.1 Å². The highest BCUT2D eigenvalue weighted by Crippen LogP contribution is 2.31. The third-order valence-corrected chi connectivity index (χ3v) is 8.24. The van der Waals surface area contributed by atoms with Gasteiger partial charge in [-0.05, 0) is 31.9 Å². The van der Waals surface area contributed by atoms with Gasteiger partial charge in [0.05, 0.1) is 25.8 Å². The third kappa shape index (κ3) is 7.50. The molecule has 4 rings (SSSR count). The summed E-state index contributed by atoms with van der Waals surface area (Å²) in [6.45, 7) is 4.23. The summed E-state index contributed by atoms with van der Waals surface area (Å²) < 4.78 is 24.1. The highest BCUT2D eigenvalue weighted by molar-refractivity contribution is 5.81. The quantitative estimate of drug-likeness (QED) is 0.104. The number of aliphatic hydroxyl groups is 4. The smallest absolute Gasteiger partial charge is 0.249 e. The lowest BCUT2D eigenvalue weighted by Gasteiger charge is -2.47. The molecule has 3 fully saturated rings. The number of aliphatic hydroxyl groups excluding tert-OH is 4. The Hall–Kier alpha value is -1.43. The summed E-state index contributed by atoms with van der Waals surface area (Å²) in [5.74, 6) is -0.0695. The molecule has 1 amide bonds. The van der Waals surface area contributed by atoms with E-state index in [1.165, 1.54) is 0 Å². The van der Waals surface area contributed by atoms with Crippen LogP contribution in [0.4, 0.5) is 0 Å². The Morgan fingerprint density at radius 1 is 1.25 bits per heavy atom. The molecule has 230 valence electrons. The normalized spacial score (nSPS) is 39.5. The van der Waals surface area contributed by atoms with E-state index in [4.69, 9.17) is 29.8 Å². The van der Waals surface area contributed by atoms with Gasteiger partial charge in [0.25, 0.3) is 0 Å². The van der Waals surface area contributed by atoms with Crippen LogP contribution in [0.3, 0.4) is 0 Å². The molecule has 1 aliphatic carbocycles. The zero-order chi connectivity index (χ0) is 28.8. The molecular formula is C26H47N5O9. The summed E-state index contributed by atoms with van der Waals surface area (Å²) in [6.07, 6.45) is -3.81. The van der Waals surface area contributed by atoms with Gasteiger partial charge < -0.3 is 66.4 Å². The average Bonchev–Trinajstić information content (AvgIpc) is 2.89. The topological polar surface area (TPSA) is 209 Å². The fourth-order valence-corrected chi connectivity index (χ4v) is 5.77. The van der Waals surface area contributed by atoms with Crippen LogP contribution in [0, 0.1) is 11.8 Å². The number of nitrogens with one attached hydrogen (secondary N) is 4.